The molecule has 0 radical (unpaired) electrons. The van der Waals surface area contributed by atoms with Gasteiger partial charge in [0.2, 0.25) is 0 Å². The fourth-order valence-electron chi connectivity index (χ4n) is 2.83. The van der Waals surface area contributed by atoms with Gasteiger partial charge in [-0.2, -0.15) is 5.10 Å². The SMILES string of the molecule is C/C(=N\NC(=O)C(=O)Nc1cc(C)ccc1C)c1ccc(OCc2ccccc2)cc1. The van der Waals surface area contributed by atoms with Crippen molar-refractivity contribution in [3.63, 3.8) is 0 Å². The lowest BCUT2D eigenvalue weighted by Gasteiger charge is -2.09. The quantitative estimate of drug-likeness (QED) is 0.357. The summed E-state index contributed by atoms with van der Waals surface area (Å²) in [5.74, 6) is -0.865. The van der Waals surface area contributed by atoms with Crippen LogP contribution in [-0.4, -0.2) is 17.5 Å². The Bertz CT molecular complexity index is 1090. The van der Waals surface area contributed by atoms with E-state index in [9.17, 15) is 9.59 Å². The number of hydrogen-bond acceptors (Lipinski definition) is 4. The van der Waals surface area contributed by atoms with Gasteiger partial charge in [0.15, 0.2) is 0 Å². The summed E-state index contributed by atoms with van der Waals surface area (Å²) in [6.45, 7) is 6.02. The topological polar surface area (TPSA) is 79.8 Å². The van der Waals surface area contributed by atoms with Gasteiger partial charge in [0.05, 0.1) is 5.71 Å². The third kappa shape index (κ3) is 6.27. The third-order valence-corrected chi connectivity index (χ3v) is 4.69. The molecule has 0 saturated heterocycles. The Morgan fingerprint density at radius 2 is 1.61 bits per heavy atom. The van der Waals surface area contributed by atoms with E-state index in [0.717, 1.165) is 28.0 Å². The summed E-state index contributed by atoms with van der Waals surface area (Å²) in [5.41, 5.74) is 7.24. The van der Waals surface area contributed by atoms with Crippen molar-refractivity contribution >= 4 is 23.2 Å². The smallest absolute Gasteiger partial charge is 0.329 e. The lowest BCUT2D eigenvalue weighted by atomic mass is 10.1. The summed E-state index contributed by atoms with van der Waals surface area (Å²) in [7, 11) is 0. The molecule has 0 unspecified atom stereocenters. The standard InChI is InChI=1S/C25H25N3O3/c1-17-9-10-18(2)23(15-17)26-24(29)25(30)28-27-19(3)21-11-13-22(14-12-21)31-16-20-7-5-4-6-8-20/h4-15H,16H2,1-3H3,(H,26,29)(H,28,30)/b27-19+. The Kier molecular flexibility index (Phi) is 7.17. The first-order valence-electron chi connectivity index (χ1n) is 9.92. The number of carbonyl (C=O) groups excluding carboxylic acids is 2. The number of amides is 2. The highest BCUT2D eigenvalue weighted by molar-refractivity contribution is 6.39. The van der Waals surface area contributed by atoms with Crippen LogP contribution >= 0.6 is 0 Å². The van der Waals surface area contributed by atoms with Gasteiger partial charge in [-0.05, 0) is 73.4 Å². The molecule has 0 bridgehead atoms. The van der Waals surface area contributed by atoms with Gasteiger partial charge in [0, 0.05) is 5.69 Å². The average molecular weight is 415 g/mol. The van der Waals surface area contributed by atoms with Crippen LogP contribution in [-0.2, 0) is 16.2 Å². The highest BCUT2D eigenvalue weighted by Gasteiger charge is 2.14. The van der Waals surface area contributed by atoms with Crippen LogP contribution in [0.4, 0.5) is 5.69 Å². The lowest BCUT2D eigenvalue weighted by Crippen LogP contribution is -2.33. The van der Waals surface area contributed by atoms with Gasteiger partial charge in [0.1, 0.15) is 12.4 Å². The van der Waals surface area contributed by atoms with Gasteiger partial charge in [-0.3, -0.25) is 9.59 Å². The van der Waals surface area contributed by atoms with Gasteiger partial charge < -0.3 is 10.1 Å². The van der Waals surface area contributed by atoms with Crippen molar-refractivity contribution < 1.29 is 14.3 Å². The minimum Gasteiger partial charge on any atom is -0.489 e. The van der Waals surface area contributed by atoms with E-state index in [1.54, 1.807) is 6.92 Å². The molecule has 3 rings (SSSR count). The number of anilines is 1. The van der Waals surface area contributed by atoms with E-state index in [1.165, 1.54) is 0 Å². The fourth-order valence-corrected chi connectivity index (χ4v) is 2.83. The van der Waals surface area contributed by atoms with Crippen LogP contribution in [0.3, 0.4) is 0 Å². The van der Waals surface area contributed by atoms with Crippen molar-refractivity contribution in [1.29, 1.82) is 0 Å². The molecule has 6 heteroatoms. The Morgan fingerprint density at radius 1 is 0.903 bits per heavy atom. The number of hydrazone groups is 1. The number of carbonyl (C=O) groups is 2. The molecule has 0 atom stereocenters. The molecular formula is C25H25N3O3. The fraction of sp³-hybridized carbons (Fsp3) is 0.160. The number of ether oxygens (including phenoxy) is 1. The average Bonchev–Trinajstić information content (AvgIpc) is 2.79. The number of nitrogens with one attached hydrogen (secondary N) is 2. The van der Waals surface area contributed by atoms with Crippen molar-refractivity contribution in [1.82, 2.24) is 5.43 Å². The number of hydrogen-bond donors (Lipinski definition) is 2. The number of aryl methyl sites for hydroxylation is 2. The maximum atomic E-state index is 12.1. The zero-order valence-electron chi connectivity index (χ0n) is 17.8. The second-order valence-electron chi connectivity index (χ2n) is 7.21. The zero-order valence-corrected chi connectivity index (χ0v) is 17.8. The maximum absolute atomic E-state index is 12.1. The van der Waals surface area contributed by atoms with Crippen molar-refractivity contribution in [2.75, 3.05) is 5.32 Å². The lowest BCUT2D eigenvalue weighted by molar-refractivity contribution is -0.136. The van der Waals surface area contributed by atoms with E-state index in [1.807, 2.05) is 86.6 Å². The highest BCUT2D eigenvalue weighted by atomic mass is 16.5. The number of nitrogens with zero attached hydrogens (tertiary/aromatic N) is 1. The van der Waals surface area contributed by atoms with Crippen LogP contribution in [0.15, 0.2) is 77.9 Å². The first-order chi connectivity index (χ1) is 14.9. The summed E-state index contributed by atoms with van der Waals surface area (Å²) < 4.78 is 5.77. The first-order valence-corrected chi connectivity index (χ1v) is 9.92. The van der Waals surface area contributed by atoms with Crippen molar-refractivity contribution in [2.45, 2.75) is 27.4 Å². The van der Waals surface area contributed by atoms with Crippen LogP contribution in [0.2, 0.25) is 0 Å². The van der Waals surface area contributed by atoms with E-state index in [0.29, 0.717) is 18.0 Å². The monoisotopic (exact) mass is 415 g/mol. The van der Waals surface area contributed by atoms with Crippen molar-refractivity contribution in [3.05, 3.63) is 95.1 Å². The van der Waals surface area contributed by atoms with Crippen LogP contribution in [0, 0.1) is 13.8 Å². The molecule has 6 nitrogen and oxygen atoms in total. The second-order valence-corrected chi connectivity index (χ2v) is 7.21. The number of rotatable bonds is 6. The Morgan fingerprint density at radius 3 is 2.32 bits per heavy atom. The molecule has 31 heavy (non-hydrogen) atoms. The van der Waals surface area contributed by atoms with E-state index in [2.05, 4.69) is 15.8 Å². The van der Waals surface area contributed by atoms with Gasteiger partial charge in [0.25, 0.3) is 0 Å². The summed E-state index contributed by atoms with van der Waals surface area (Å²) in [5, 5.41) is 6.65. The van der Waals surface area contributed by atoms with Crippen LogP contribution in [0.1, 0.15) is 29.2 Å². The minimum absolute atomic E-state index is 0.485. The maximum Gasteiger partial charge on any atom is 0.329 e. The van der Waals surface area contributed by atoms with Crippen molar-refractivity contribution in [2.24, 2.45) is 5.10 Å². The van der Waals surface area contributed by atoms with Crippen LogP contribution in [0.25, 0.3) is 0 Å². The first kappa shape index (κ1) is 21.8. The summed E-state index contributed by atoms with van der Waals surface area (Å²) in [6, 6.07) is 22.9. The molecule has 0 aliphatic heterocycles. The van der Waals surface area contributed by atoms with E-state index in [-0.39, 0.29) is 0 Å². The van der Waals surface area contributed by atoms with Crippen LogP contribution < -0.4 is 15.5 Å². The summed E-state index contributed by atoms with van der Waals surface area (Å²) in [6.07, 6.45) is 0. The minimum atomic E-state index is -0.830. The second kappa shape index (κ2) is 10.2. The van der Waals surface area contributed by atoms with Gasteiger partial charge >= 0.3 is 11.8 Å². The predicted molar refractivity (Wildman–Crippen MR) is 122 cm³/mol. The molecule has 158 valence electrons. The largest absolute Gasteiger partial charge is 0.489 e. The normalized spacial score (nSPS) is 11.0. The molecule has 0 aliphatic carbocycles. The molecule has 3 aromatic rings. The van der Waals surface area contributed by atoms with Crippen molar-refractivity contribution in [3.8, 4) is 5.75 Å². The molecule has 3 aromatic carbocycles. The van der Waals surface area contributed by atoms with Gasteiger partial charge in [-0.1, -0.05) is 42.5 Å². The molecule has 2 N–H and O–H groups in total. The third-order valence-electron chi connectivity index (χ3n) is 4.69. The molecular weight excluding hydrogens is 390 g/mol. The zero-order chi connectivity index (χ0) is 22.2. The Hall–Kier alpha value is -3.93. The Balaban J connectivity index is 1.54. The molecule has 0 spiro atoms. The highest BCUT2D eigenvalue weighted by Crippen LogP contribution is 2.16. The van der Waals surface area contributed by atoms with E-state index >= 15 is 0 Å². The number of benzene rings is 3. The van der Waals surface area contributed by atoms with E-state index in [4.69, 9.17) is 4.74 Å². The molecule has 0 aliphatic rings. The molecule has 2 amide bonds. The Labute approximate surface area is 182 Å². The predicted octanol–water partition coefficient (Wildman–Crippen LogP) is 4.36. The summed E-state index contributed by atoms with van der Waals surface area (Å²) >= 11 is 0. The van der Waals surface area contributed by atoms with Gasteiger partial charge in [-0.25, -0.2) is 5.43 Å². The molecule has 0 fully saturated rings. The van der Waals surface area contributed by atoms with E-state index < -0.39 is 11.8 Å². The molecule has 0 saturated carbocycles. The summed E-state index contributed by atoms with van der Waals surface area (Å²) in [4.78, 5) is 24.3. The molecule has 0 aromatic heterocycles. The van der Waals surface area contributed by atoms with Gasteiger partial charge in [-0.15, -0.1) is 0 Å². The van der Waals surface area contributed by atoms with Crippen LogP contribution in [0.5, 0.6) is 5.75 Å². The molecule has 0 heterocycles.